The molecule has 0 unspecified atom stereocenters. The van der Waals surface area contributed by atoms with Gasteiger partial charge < -0.3 is 9.73 Å². The van der Waals surface area contributed by atoms with E-state index in [4.69, 9.17) is 16.0 Å². The zero-order chi connectivity index (χ0) is 21.0. The quantitative estimate of drug-likeness (QED) is 0.265. The minimum Gasteiger partial charge on any atom is -0.456 e. The minimum atomic E-state index is -0.646. The molecule has 29 heavy (non-hydrogen) atoms. The molecule has 7 nitrogen and oxygen atoms in total. The van der Waals surface area contributed by atoms with Crippen molar-refractivity contribution in [3.63, 3.8) is 0 Å². The third-order valence-corrected chi connectivity index (χ3v) is 4.42. The molecule has 3 aromatic rings. The molecule has 2 aromatic carbocycles. The van der Waals surface area contributed by atoms with Gasteiger partial charge in [-0.25, -0.2) is 0 Å². The summed E-state index contributed by atoms with van der Waals surface area (Å²) in [5.74, 6) is -0.184. The van der Waals surface area contributed by atoms with Crippen molar-refractivity contribution in [2.75, 3.05) is 5.32 Å². The Morgan fingerprint density at radius 3 is 2.66 bits per heavy atom. The van der Waals surface area contributed by atoms with Gasteiger partial charge >= 0.3 is 0 Å². The molecule has 0 radical (unpaired) electrons. The molecule has 0 fully saturated rings. The Labute approximate surface area is 171 Å². The number of nitrogens with zero attached hydrogens (tertiary/aromatic N) is 2. The number of rotatable bonds is 5. The number of carbonyl (C=O) groups is 1. The van der Waals surface area contributed by atoms with Crippen LogP contribution in [0.2, 0.25) is 5.02 Å². The van der Waals surface area contributed by atoms with Gasteiger partial charge in [0.2, 0.25) is 0 Å². The predicted octanol–water partition coefficient (Wildman–Crippen LogP) is 5.36. The Kier molecular flexibility index (Phi) is 5.77. The third kappa shape index (κ3) is 4.34. The molecule has 3 rings (SSSR count). The molecule has 0 bridgehead atoms. The van der Waals surface area contributed by atoms with E-state index in [1.807, 2.05) is 6.07 Å². The van der Waals surface area contributed by atoms with Gasteiger partial charge in [-0.05, 0) is 36.8 Å². The summed E-state index contributed by atoms with van der Waals surface area (Å²) >= 11 is 6.10. The summed E-state index contributed by atoms with van der Waals surface area (Å²) in [7, 11) is 0. The highest BCUT2D eigenvalue weighted by Crippen LogP contribution is 2.31. The first-order chi connectivity index (χ1) is 13.9. The van der Waals surface area contributed by atoms with Crippen LogP contribution in [0, 0.1) is 28.4 Å². The Morgan fingerprint density at radius 2 is 1.97 bits per heavy atom. The number of hydrogen-bond acceptors (Lipinski definition) is 5. The number of furan rings is 1. The molecule has 0 spiro atoms. The Morgan fingerprint density at radius 1 is 1.21 bits per heavy atom. The Hall–Kier alpha value is -3.89. The van der Waals surface area contributed by atoms with Crippen molar-refractivity contribution in [2.45, 2.75) is 6.92 Å². The summed E-state index contributed by atoms with van der Waals surface area (Å²) in [6.07, 6.45) is 1.26. The van der Waals surface area contributed by atoms with Crippen molar-refractivity contribution in [2.24, 2.45) is 0 Å². The van der Waals surface area contributed by atoms with Crippen molar-refractivity contribution in [3.8, 4) is 17.4 Å². The smallest absolute Gasteiger partial charge is 0.280 e. The zero-order valence-electron chi connectivity index (χ0n) is 15.2. The molecule has 1 N–H and O–H groups in total. The van der Waals surface area contributed by atoms with Crippen LogP contribution in [0.25, 0.3) is 17.4 Å². The summed E-state index contributed by atoms with van der Waals surface area (Å²) < 4.78 is 5.60. The van der Waals surface area contributed by atoms with E-state index in [1.54, 1.807) is 49.4 Å². The van der Waals surface area contributed by atoms with E-state index in [-0.39, 0.29) is 22.8 Å². The lowest BCUT2D eigenvalue weighted by Crippen LogP contribution is -2.14. The maximum atomic E-state index is 12.5. The fourth-order valence-corrected chi connectivity index (χ4v) is 2.95. The van der Waals surface area contributed by atoms with Crippen LogP contribution in [0.5, 0.6) is 0 Å². The molecular formula is C21H14ClN3O4. The number of nitrogens with one attached hydrogen (secondary N) is 1. The predicted molar refractivity (Wildman–Crippen MR) is 109 cm³/mol. The average Bonchev–Trinajstić information content (AvgIpc) is 3.17. The van der Waals surface area contributed by atoms with E-state index in [2.05, 4.69) is 5.32 Å². The second kappa shape index (κ2) is 8.42. The summed E-state index contributed by atoms with van der Waals surface area (Å²) in [5, 5.41) is 23.5. The van der Waals surface area contributed by atoms with Crippen molar-refractivity contribution >= 4 is 35.0 Å². The number of nitro benzene ring substituents is 1. The molecule has 1 amide bonds. The number of aryl methyl sites for hydroxylation is 1. The standard InChI is InChI=1S/C21H14ClN3O4/c1-13-5-4-7-17(22)20(13)24-21(26)14(12-23)11-15-9-10-19(29-15)16-6-2-3-8-18(16)25(27)28/h2-11H,1H3,(H,24,26). The van der Waals surface area contributed by atoms with Gasteiger partial charge in [-0.2, -0.15) is 5.26 Å². The number of amides is 1. The number of nitriles is 1. The third-order valence-electron chi connectivity index (χ3n) is 4.11. The van der Waals surface area contributed by atoms with Crippen LogP contribution >= 0.6 is 11.6 Å². The Bertz CT molecular complexity index is 1150. The van der Waals surface area contributed by atoms with Crippen LogP contribution in [0.15, 0.2) is 64.6 Å². The van der Waals surface area contributed by atoms with E-state index in [9.17, 15) is 20.2 Å². The van der Waals surface area contributed by atoms with Crippen LogP contribution in [0.1, 0.15) is 11.3 Å². The Balaban J connectivity index is 1.89. The van der Waals surface area contributed by atoms with Crippen LogP contribution in [0.3, 0.4) is 0 Å². The highest BCUT2D eigenvalue weighted by molar-refractivity contribution is 6.34. The van der Waals surface area contributed by atoms with Gasteiger partial charge in [0.1, 0.15) is 23.2 Å². The van der Waals surface area contributed by atoms with Gasteiger partial charge in [0.05, 0.1) is 21.2 Å². The number of nitro groups is 1. The topological polar surface area (TPSA) is 109 Å². The summed E-state index contributed by atoms with van der Waals surface area (Å²) in [5.41, 5.74) is 1.16. The van der Waals surface area contributed by atoms with Crippen LogP contribution in [-0.4, -0.2) is 10.8 Å². The van der Waals surface area contributed by atoms with Crippen molar-refractivity contribution in [3.05, 3.63) is 86.6 Å². The molecule has 0 atom stereocenters. The first-order valence-electron chi connectivity index (χ1n) is 8.42. The fourth-order valence-electron chi connectivity index (χ4n) is 2.68. The maximum Gasteiger partial charge on any atom is 0.280 e. The molecule has 0 aliphatic heterocycles. The van der Waals surface area contributed by atoms with E-state index < -0.39 is 10.8 Å². The lowest BCUT2D eigenvalue weighted by Gasteiger charge is -2.09. The first kappa shape index (κ1) is 19.9. The van der Waals surface area contributed by atoms with Gasteiger partial charge in [0.15, 0.2) is 0 Å². The number of carbonyl (C=O) groups excluding carboxylic acids is 1. The van der Waals surface area contributed by atoms with Gasteiger partial charge in [-0.15, -0.1) is 0 Å². The molecule has 1 aromatic heterocycles. The van der Waals surface area contributed by atoms with Gasteiger partial charge in [0, 0.05) is 12.1 Å². The first-order valence-corrected chi connectivity index (χ1v) is 8.80. The normalized spacial score (nSPS) is 11.0. The van der Waals surface area contributed by atoms with E-state index >= 15 is 0 Å². The number of halogens is 1. The molecule has 8 heteroatoms. The second-order valence-electron chi connectivity index (χ2n) is 6.03. The SMILES string of the molecule is Cc1cccc(Cl)c1NC(=O)C(C#N)=Cc1ccc(-c2ccccc2[N+](=O)[O-])o1. The molecule has 1 heterocycles. The highest BCUT2D eigenvalue weighted by atomic mass is 35.5. The molecular weight excluding hydrogens is 394 g/mol. The number of anilines is 1. The van der Waals surface area contributed by atoms with Crippen molar-refractivity contribution < 1.29 is 14.1 Å². The van der Waals surface area contributed by atoms with Gasteiger partial charge in [0.25, 0.3) is 11.6 Å². The fraction of sp³-hybridized carbons (Fsp3) is 0.0476. The molecule has 0 saturated heterocycles. The van der Waals surface area contributed by atoms with E-state index in [1.165, 1.54) is 18.2 Å². The number of benzene rings is 2. The van der Waals surface area contributed by atoms with Gasteiger partial charge in [-0.1, -0.05) is 35.9 Å². The van der Waals surface area contributed by atoms with Crippen molar-refractivity contribution in [1.29, 1.82) is 5.26 Å². The lowest BCUT2D eigenvalue weighted by atomic mass is 10.1. The van der Waals surface area contributed by atoms with E-state index in [0.29, 0.717) is 16.3 Å². The monoisotopic (exact) mass is 407 g/mol. The van der Waals surface area contributed by atoms with Crippen LogP contribution in [0.4, 0.5) is 11.4 Å². The summed E-state index contributed by atoms with van der Waals surface area (Å²) in [6, 6.07) is 16.2. The van der Waals surface area contributed by atoms with E-state index in [0.717, 1.165) is 5.56 Å². The molecule has 0 saturated carbocycles. The van der Waals surface area contributed by atoms with Crippen LogP contribution in [-0.2, 0) is 4.79 Å². The second-order valence-corrected chi connectivity index (χ2v) is 6.44. The van der Waals surface area contributed by atoms with Crippen molar-refractivity contribution in [1.82, 2.24) is 0 Å². The van der Waals surface area contributed by atoms with Gasteiger partial charge in [-0.3, -0.25) is 14.9 Å². The lowest BCUT2D eigenvalue weighted by molar-refractivity contribution is -0.384. The maximum absolute atomic E-state index is 12.5. The number of hydrogen-bond donors (Lipinski definition) is 1. The molecule has 0 aliphatic rings. The largest absolute Gasteiger partial charge is 0.456 e. The number of para-hydroxylation sites is 2. The molecule has 0 aliphatic carbocycles. The summed E-state index contributed by atoms with van der Waals surface area (Å²) in [6.45, 7) is 1.78. The molecule has 144 valence electrons. The van der Waals surface area contributed by atoms with Crippen LogP contribution < -0.4 is 5.32 Å². The zero-order valence-corrected chi connectivity index (χ0v) is 15.9. The minimum absolute atomic E-state index is 0.107. The summed E-state index contributed by atoms with van der Waals surface area (Å²) in [4.78, 5) is 23.2. The highest BCUT2D eigenvalue weighted by Gasteiger charge is 2.18. The average molecular weight is 408 g/mol.